The van der Waals surface area contributed by atoms with Crippen molar-refractivity contribution >= 4 is 33.4 Å². The van der Waals surface area contributed by atoms with Crippen molar-refractivity contribution in [3.8, 4) is 11.4 Å². The van der Waals surface area contributed by atoms with Crippen molar-refractivity contribution in [1.82, 2.24) is 24.9 Å². The van der Waals surface area contributed by atoms with Gasteiger partial charge in [0.25, 0.3) is 0 Å². The lowest BCUT2D eigenvalue weighted by Gasteiger charge is -2.38. The monoisotopic (exact) mass is 454 g/mol. The molecule has 3 aromatic carbocycles. The highest BCUT2D eigenvalue weighted by atomic mass is 16.2. The molecule has 0 saturated carbocycles. The molecular formula is C24H22N8O2. The minimum absolute atomic E-state index is 0.297. The third-order valence-electron chi connectivity index (χ3n) is 5.56. The summed E-state index contributed by atoms with van der Waals surface area (Å²) < 4.78 is 2.55. The second-order valence-corrected chi connectivity index (χ2v) is 8.11. The number of carbonyl (C=O) groups excluding carboxylic acids is 1. The predicted octanol–water partition coefficient (Wildman–Crippen LogP) is 2.48. The summed E-state index contributed by atoms with van der Waals surface area (Å²) in [7, 11) is 6.41. The van der Waals surface area contributed by atoms with Gasteiger partial charge in [0, 0.05) is 19.7 Å². The van der Waals surface area contributed by atoms with Gasteiger partial charge in [-0.3, -0.25) is 0 Å². The van der Waals surface area contributed by atoms with Crippen LogP contribution in [-0.2, 0) is 14.1 Å². The Hall–Kier alpha value is -4.60. The molecule has 4 aromatic rings. The van der Waals surface area contributed by atoms with Crippen molar-refractivity contribution in [3.63, 3.8) is 0 Å². The van der Waals surface area contributed by atoms with Crippen LogP contribution in [0.1, 0.15) is 5.56 Å². The van der Waals surface area contributed by atoms with Gasteiger partial charge in [-0.1, -0.05) is 49.9 Å². The Morgan fingerprint density at radius 1 is 0.853 bits per heavy atom. The number of hydrazone groups is 1. The quantitative estimate of drug-likeness (QED) is 0.434. The molecule has 5 rings (SSSR count). The number of benzene rings is 2. The summed E-state index contributed by atoms with van der Waals surface area (Å²) in [6.45, 7) is 0. The minimum Gasteiger partial charge on any atom is -0.369 e. The van der Waals surface area contributed by atoms with Crippen LogP contribution in [0.15, 0.2) is 70.6 Å². The molecule has 0 fully saturated rings. The van der Waals surface area contributed by atoms with Crippen molar-refractivity contribution in [2.24, 2.45) is 19.2 Å². The van der Waals surface area contributed by atoms with E-state index >= 15 is 0 Å². The number of carbonyl (C=O) groups is 1. The molecule has 34 heavy (non-hydrogen) atoms. The molecule has 0 spiro atoms. The maximum Gasteiger partial charge on any atom is 0.539 e. The van der Waals surface area contributed by atoms with Crippen LogP contribution in [-0.4, -0.2) is 50.9 Å². The number of nitrogens with zero attached hydrogens (tertiary/aromatic N) is 8. The fraction of sp³-hybridized carbons (Fsp3) is 0.167. The Kier molecular flexibility index (Phi) is 5.05. The molecule has 0 unspecified atom stereocenters. The fourth-order valence-corrected chi connectivity index (χ4v) is 3.82. The number of amides is 2. The van der Waals surface area contributed by atoms with Crippen LogP contribution in [0.4, 0.5) is 4.79 Å². The zero-order valence-electron chi connectivity index (χ0n) is 19.2. The first-order chi connectivity index (χ1) is 16.3. The Bertz CT molecular complexity index is 1570. The van der Waals surface area contributed by atoms with Gasteiger partial charge in [0.2, 0.25) is 5.82 Å². The van der Waals surface area contributed by atoms with Gasteiger partial charge in [0.15, 0.2) is 0 Å². The molecule has 0 radical (unpaired) electrons. The summed E-state index contributed by atoms with van der Waals surface area (Å²) in [6, 6.07) is 19.8. The topological polar surface area (TPSA) is 102 Å². The molecule has 10 nitrogen and oxygen atoms in total. The smallest absolute Gasteiger partial charge is 0.369 e. The highest BCUT2D eigenvalue weighted by molar-refractivity contribution is 6.12. The molecule has 2 amide bonds. The van der Waals surface area contributed by atoms with Gasteiger partial charge in [0.1, 0.15) is 14.1 Å². The number of urea groups is 1. The maximum absolute atomic E-state index is 12.0. The van der Waals surface area contributed by atoms with Crippen LogP contribution >= 0.6 is 0 Å². The largest absolute Gasteiger partial charge is 0.539 e. The van der Waals surface area contributed by atoms with Crippen LogP contribution in [0.25, 0.3) is 38.4 Å². The van der Waals surface area contributed by atoms with Gasteiger partial charge in [-0.05, 0) is 63.3 Å². The second-order valence-electron chi connectivity index (χ2n) is 8.11. The molecule has 0 saturated heterocycles. The SMILES string of the molecule is CN1N=C(c2cc3ccc4ccc(-c5nn(C)c(=O)[n+](C)n5)c(ccc(c2)c3)c4)[N-]N(C)C1=O. The number of aromatic nitrogens is 4. The number of hydrogen-bond acceptors (Lipinski definition) is 5. The number of rotatable bonds is 2. The first-order valence-electron chi connectivity index (χ1n) is 10.6. The Morgan fingerprint density at radius 3 is 2.24 bits per heavy atom. The lowest BCUT2D eigenvalue weighted by molar-refractivity contribution is -0.748. The Morgan fingerprint density at radius 2 is 1.53 bits per heavy atom. The first-order valence-corrected chi connectivity index (χ1v) is 10.6. The fourth-order valence-electron chi connectivity index (χ4n) is 3.82. The first kappa shape index (κ1) is 21.3. The number of amidine groups is 1. The molecule has 0 aliphatic carbocycles. The van der Waals surface area contributed by atoms with Gasteiger partial charge >= 0.3 is 11.7 Å². The highest BCUT2D eigenvalue weighted by Crippen LogP contribution is 2.24. The molecule has 1 aliphatic heterocycles. The lowest BCUT2D eigenvalue weighted by Crippen LogP contribution is -2.54. The summed E-state index contributed by atoms with van der Waals surface area (Å²) in [5.41, 5.74) is 5.63. The van der Waals surface area contributed by atoms with Gasteiger partial charge in [-0.15, -0.1) is 0 Å². The molecule has 1 aromatic heterocycles. The number of hydrogen-bond donors (Lipinski definition) is 0. The average Bonchev–Trinajstić information content (AvgIpc) is 2.82. The van der Waals surface area contributed by atoms with Crippen LogP contribution in [0, 0.1) is 0 Å². The minimum atomic E-state index is -0.298. The standard InChI is InChI=1S/C24H22N8O2/c1-29-23(33)30(2)26-21(25-29)19-13-16-6-5-15-8-10-20(18(12-15)9-7-17(11-16)14-19)22-27-31(3)24(34)32(4)28-22/h5-14H,1-4H3. The Balaban J connectivity index is 1.69. The molecule has 4 bridgehead atoms. The van der Waals surface area contributed by atoms with Crippen molar-refractivity contribution in [2.75, 3.05) is 14.1 Å². The normalized spacial score (nSPS) is 13.8. The van der Waals surface area contributed by atoms with E-state index in [0.29, 0.717) is 11.7 Å². The van der Waals surface area contributed by atoms with Crippen molar-refractivity contribution in [2.45, 2.75) is 0 Å². The molecule has 1 aliphatic rings. The predicted molar refractivity (Wildman–Crippen MR) is 129 cm³/mol. The summed E-state index contributed by atoms with van der Waals surface area (Å²) in [4.78, 5) is 24.0. The highest BCUT2D eigenvalue weighted by Gasteiger charge is 2.15. The van der Waals surface area contributed by atoms with Gasteiger partial charge in [0.05, 0.1) is 0 Å². The summed E-state index contributed by atoms with van der Waals surface area (Å²) >= 11 is 0. The van der Waals surface area contributed by atoms with E-state index in [-0.39, 0.29) is 11.7 Å². The summed E-state index contributed by atoms with van der Waals surface area (Å²) in [6.07, 6.45) is 0. The zero-order chi connectivity index (χ0) is 24.0. The summed E-state index contributed by atoms with van der Waals surface area (Å²) in [5.74, 6) is 0.911. The Labute approximate surface area is 195 Å². The van der Waals surface area contributed by atoms with Crippen molar-refractivity contribution < 1.29 is 9.48 Å². The summed E-state index contributed by atoms with van der Waals surface area (Å²) in [5, 5.41) is 19.4. The lowest BCUT2D eigenvalue weighted by atomic mass is 10.0. The molecule has 10 heteroatoms. The molecular weight excluding hydrogens is 432 g/mol. The average molecular weight is 454 g/mol. The van der Waals surface area contributed by atoms with E-state index in [9.17, 15) is 9.59 Å². The molecule has 2 heterocycles. The molecule has 0 atom stereocenters. The third-order valence-corrected chi connectivity index (χ3v) is 5.56. The van der Waals surface area contributed by atoms with E-state index in [1.807, 2.05) is 48.5 Å². The van der Waals surface area contributed by atoms with Gasteiger partial charge in [-0.25, -0.2) is 4.79 Å². The number of fused-ring (bicyclic) bond motifs is 4. The van der Waals surface area contributed by atoms with Crippen LogP contribution in [0.3, 0.4) is 0 Å². The van der Waals surface area contributed by atoms with E-state index < -0.39 is 0 Å². The van der Waals surface area contributed by atoms with Crippen LogP contribution in [0.2, 0.25) is 0 Å². The number of aryl methyl sites for hydroxylation is 2. The van der Waals surface area contributed by atoms with Crippen LogP contribution < -0.4 is 10.4 Å². The molecule has 0 N–H and O–H groups in total. The molecule has 170 valence electrons. The van der Waals surface area contributed by atoms with E-state index in [1.165, 1.54) is 19.4 Å². The van der Waals surface area contributed by atoms with E-state index in [1.54, 1.807) is 28.2 Å². The van der Waals surface area contributed by atoms with Crippen molar-refractivity contribution in [1.29, 1.82) is 0 Å². The van der Waals surface area contributed by atoms with Crippen molar-refractivity contribution in [3.05, 3.63) is 82.1 Å². The third kappa shape index (κ3) is 3.85. The van der Waals surface area contributed by atoms with E-state index in [0.717, 1.165) is 32.7 Å². The van der Waals surface area contributed by atoms with Crippen LogP contribution in [0.5, 0.6) is 0 Å². The van der Waals surface area contributed by atoms with Gasteiger partial charge < -0.3 is 20.5 Å². The second kappa shape index (κ2) is 8.07. The van der Waals surface area contributed by atoms with E-state index in [2.05, 4.69) is 32.9 Å². The van der Waals surface area contributed by atoms with Gasteiger partial charge in [-0.2, -0.15) is 4.79 Å². The van der Waals surface area contributed by atoms with E-state index in [4.69, 9.17) is 0 Å². The maximum atomic E-state index is 12.0. The zero-order valence-corrected chi connectivity index (χ0v) is 19.2.